The molecule has 3 heterocycles. The van der Waals surface area contributed by atoms with Crippen LogP contribution in [-0.2, 0) is 18.0 Å². The van der Waals surface area contributed by atoms with Crippen molar-refractivity contribution >= 4 is 11.6 Å². The molecule has 2 aliphatic rings. The Morgan fingerprint density at radius 1 is 1.07 bits per heavy atom. The van der Waals surface area contributed by atoms with Crippen LogP contribution in [0.3, 0.4) is 0 Å². The lowest BCUT2D eigenvalue weighted by molar-refractivity contribution is -0.137. The third-order valence-corrected chi connectivity index (χ3v) is 6.20. The summed E-state index contributed by atoms with van der Waals surface area (Å²) in [6.45, 7) is 3.42. The van der Waals surface area contributed by atoms with E-state index in [2.05, 4.69) is 15.5 Å². The van der Waals surface area contributed by atoms with Gasteiger partial charge in [0.1, 0.15) is 0 Å². The molecule has 2 aliphatic heterocycles. The number of hydrogen-bond acceptors (Lipinski definition) is 3. The highest BCUT2D eigenvalue weighted by molar-refractivity contribution is 5.78. The van der Waals surface area contributed by atoms with Crippen molar-refractivity contribution in [1.29, 1.82) is 0 Å². The smallest absolute Gasteiger partial charge is 0.368 e. The number of hydrogen-bond donors (Lipinski definition) is 0. The highest BCUT2D eigenvalue weighted by atomic mass is 19.4. The molecule has 8 heteroatoms. The first-order chi connectivity index (χ1) is 14.3. The number of aromatic nitrogens is 1. The number of piperazine rings is 1. The number of anilines is 1. The Hall–Kier alpha value is -2.48. The quantitative estimate of drug-likeness (QED) is 0.759. The Kier molecular flexibility index (Phi) is 5.77. The molecule has 4 rings (SSSR count). The van der Waals surface area contributed by atoms with Crippen molar-refractivity contribution in [3.8, 4) is 0 Å². The van der Waals surface area contributed by atoms with E-state index in [-0.39, 0.29) is 11.9 Å². The minimum absolute atomic E-state index is 0.0970. The van der Waals surface area contributed by atoms with Gasteiger partial charge in [0.15, 0.2) is 0 Å². The number of aryl methyl sites for hydroxylation is 1. The number of nitrogens with zero attached hydrogens (tertiary/aromatic N) is 4. The van der Waals surface area contributed by atoms with Crippen LogP contribution in [0.1, 0.15) is 30.1 Å². The fourth-order valence-electron chi connectivity index (χ4n) is 4.54. The monoisotopic (exact) mass is 420 g/mol. The lowest BCUT2D eigenvalue weighted by atomic mass is 10.1. The van der Waals surface area contributed by atoms with Crippen LogP contribution in [0.5, 0.6) is 0 Å². The van der Waals surface area contributed by atoms with Crippen LogP contribution in [0.25, 0.3) is 0 Å². The Bertz CT molecular complexity index is 887. The number of carbonyl (C=O) groups is 1. The zero-order valence-corrected chi connectivity index (χ0v) is 17.1. The van der Waals surface area contributed by atoms with Crippen molar-refractivity contribution in [2.75, 3.05) is 44.2 Å². The number of halogens is 3. The first-order valence-corrected chi connectivity index (χ1v) is 10.4. The van der Waals surface area contributed by atoms with E-state index in [1.807, 2.05) is 29.1 Å². The van der Waals surface area contributed by atoms with Crippen LogP contribution in [0.15, 0.2) is 42.6 Å². The maximum atomic E-state index is 13.0. The summed E-state index contributed by atoms with van der Waals surface area (Å²) in [6, 6.07) is 9.81. The molecule has 162 valence electrons. The van der Waals surface area contributed by atoms with Crippen LogP contribution in [0, 0.1) is 0 Å². The van der Waals surface area contributed by atoms with Gasteiger partial charge in [0.2, 0.25) is 5.91 Å². The Morgan fingerprint density at radius 2 is 1.83 bits per heavy atom. The van der Waals surface area contributed by atoms with Gasteiger partial charge in [-0.25, -0.2) is 0 Å². The van der Waals surface area contributed by atoms with Crippen molar-refractivity contribution in [1.82, 2.24) is 14.4 Å². The van der Waals surface area contributed by atoms with E-state index in [1.165, 1.54) is 17.8 Å². The van der Waals surface area contributed by atoms with Crippen LogP contribution >= 0.6 is 0 Å². The lowest BCUT2D eigenvalue weighted by Crippen LogP contribution is -2.51. The van der Waals surface area contributed by atoms with E-state index in [0.717, 1.165) is 25.5 Å². The number of likely N-dealkylation sites (tertiary alicyclic amines) is 1. The summed E-state index contributed by atoms with van der Waals surface area (Å²) >= 11 is 0. The summed E-state index contributed by atoms with van der Waals surface area (Å²) in [6.07, 6.45) is -0.194. The van der Waals surface area contributed by atoms with E-state index >= 15 is 0 Å². The standard InChI is InChI=1S/C22H27F3N4O/c1-26-9-3-7-19(26)20-8-4-10-29(20)16-21(30)28-13-11-27(12-14-28)18-6-2-5-17(15-18)22(23,24)25/h2-3,5-7,9,15,20H,4,8,10-14,16H2,1H3/t20-/m1/s1. The maximum Gasteiger partial charge on any atom is 0.416 e. The summed E-state index contributed by atoms with van der Waals surface area (Å²) in [5.74, 6) is 0.0970. The SMILES string of the molecule is Cn1cccc1[C@H]1CCCN1CC(=O)N1CCN(c2cccc(C(F)(F)F)c2)CC1. The second-order valence-corrected chi connectivity index (χ2v) is 8.09. The molecule has 2 saturated heterocycles. The summed E-state index contributed by atoms with van der Waals surface area (Å²) < 4.78 is 41.0. The second-order valence-electron chi connectivity index (χ2n) is 8.09. The molecule has 1 atom stereocenters. The highest BCUT2D eigenvalue weighted by Gasteiger charge is 2.33. The first-order valence-electron chi connectivity index (χ1n) is 10.4. The largest absolute Gasteiger partial charge is 0.416 e. The molecule has 0 saturated carbocycles. The van der Waals surface area contributed by atoms with Crippen molar-refractivity contribution in [2.24, 2.45) is 7.05 Å². The predicted octanol–water partition coefficient (Wildman–Crippen LogP) is 3.53. The third-order valence-electron chi connectivity index (χ3n) is 6.20. The molecule has 0 radical (unpaired) electrons. The van der Waals surface area contributed by atoms with Crippen LogP contribution in [0.2, 0.25) is 0 Å². The fourth-order valence-corrected chi connectivity index (χ4v) is 4.54. The normalized spacial score (nSPS) is 20.7. The minimum Gasteiger partial charge on any atom is -0.368 e. The third kappa shape index (κ3) is 4.33. The summed E-state index contributed by atoms with van der Waals surface area (Å²) in [5.41, 5.74) is 1.15. The number of alkyl halides is 3. The molecule has 2 fully saturated rings. The van der Waals surface area contributed by atoms with Gasteiger partial charge < -0.3 is 14.4 Å². The fraction of sp³-hybridized carbons (Fsp3) is 0.500. The van der Waals surface area contributed by atoms with E-state index in [1.54, 1.807) is 6.07 Å². The zero-order valence-electron chi connectivity index (χ0n) is 17.1. The Labute approximate surface area is 174 Å². The van der Waals surface area contributed by atoms with Gasteiger partial charge in [-0.2, -0.15) is 13.2 Å². The van der Waals surface area contributed by atoms with Gasteiger partial charge in [0.25, 0.3) is 0 Å². The van der Waals surface area contributed by atoms with Gasteiger partial charge in [-0.15, -0.1) is 0 Å². The predicted molar refractivity (Wildman–Crippen MR) is 109 cm³/mol. The summed E-state index contributed by atoms with van der Waals surface area (Å²) in [4.78, 5) is 18.9. The second kappa shape index (κ2) is 8.34. The lowest BCUT2D eigenvalue weighted by Gasteiger charge is -2.37. The topological polar surface area (TPSA) is 31.7 Å². The highest BCUT2D eigenvalue weighted by Crippen LogP contribution is 2.33. The van der Waals surface area contributed by atoms with Crippen LogP contribution in [0.4, 0.5) is 18.9 Å². The van der Waals surface area contributed by atoms with Crippen molar-refractivity contribution in [2.45, 2.75) is 25.1 Å². The van der Waals surface area contributed by atoms with E-state index in [9.17, 15) is 18.0 Å². The van der Waals surface area contributed by atoms with Crippen molar-refractivity contribution < 1.29 is 18.0 Å². The average Bonchev–Trinajstić information content (AvgIpc) is 3.36. The zero-order chi connectivity index (χ0) is 21.3. The summed E-state index contributed by atoms with van der Waals surface area (Å²) in [7, 11) is 2.03. The molecular weight excluding hydrogens is 393 g/mol. The molecule has 5 nitrogen and oxygen atoms in total. The molecule has 0 spiro atoms. The van der Waals surface area contributed by atoms with Crippen molar-refractivity contribution in [3.05, 3.63) is 53.9 Å². The molecule has 0 N–H and O–H groups in total. The van der Waals surface area contributed by atoms with E-state index < -0.39 is 11.7 Å². The Balaban J connectivity index is 1.34. The van der Waals surface area contributed by atoms with Gasteiger partial charge in [-0.1, -0.05) is 6.07 Å². The van der Waals surface area contributed by atoms with Gasteiger partial charge in [0.05, 0.1) is 18.2 Å². The van der Waals surface area contributed by atoms with Gasteiger partial charge in [0, 0.05) is 50.8 Å². The van der Waals surface area contributed by atoms with Crippen molar-refractivity contribution in [3.63, 3.8) is 0 Å². The van der Waals surface area contributed by atoms with E-state index in [0.29, 0.717) is 38.4 Å². The molecule has 2 aromatic rings. The van der Waals surface area contributed by atoms with Gasteiger partial charge in [-0.05, 0) is 49.7 Å². The average molecular weight is 420 g/mol. The number of rotatable bonds is 4. The number of amides is 1. The first kappa shape index (κ1) is 20.8. The molecule has 0 aliphatic carbocycles. The number of carbonyl (C=O) groups excluding carboxylic acids is 1. The molecule has 30 heavy (non-hydrogen) atoms. The number of benzene rings is 1. The maximum absolute atomic E-state index is 13.0. The van der Waals surface area contributed by atoms with Crippen LogP contribution < -0.4 is 4.90 Å². The molecule has 1 amide bonds. The molecule has 0 unspecified atom stereocenters. The van der Waals surface area contributed by atoms with E-state index in [4.69, 9.17) is 0 Å². The summed E-state index contributed by atoms with van der Waals surface area (Å²) in [5, 5.41) is 0. The van der Waals surface area contributed by atoms with Gasteiger partial charge in [-0.3, -0.25) is 9.69 Å². The minimum atomic E-state index is -4.35. The molecule has 0 bridgehead atoms. The Morgan fingerprint density at radius 3 is 2.50 bits per heavy atom. The van der Waals surface area contributed by atoms with Crippen LogP contribution in [-0.4, -0.2) is 59.5 Å². The molecular formula is C22H27F3N4O. The molecule has 1 aromatic heterocycles. The van der Waals surface area contributed by atoms with Gasteiger partial charge >= 0.3 is 6.18 Å². The molecule has 1 aromatic carbocycles.